The average Bonchev–Trinajstić information content (AvgIpc) is 2.61. The number of carbonyl (C=O) groups excluding carboxylic acids is 1. The second-order valence-corrected chi connectivity index (χ2v) is 4.58. The van der Waals surface area contributed by atoms with Gasteiger partial charge in [0.05, 0.1) is 5.35 Å². The maximum Gasteiger partial charge on any atom is 0.325 e. The molecule has 2 amide bonds. The van der Waals surface area contributed by atoms with Crippen LogP contribution in [0, 0.1) is 0 Å². The molecule has 0 unspecified atom stereocenters. The molecule has 0 bridgehead atoms. The van der Waals surface area contributed by atoms with Crippen LogP contribution < -0.4 is 15.9 Å². The number of aromatic nitrogens is 1. The lowest BCUT2D eigenvalue weighted by Crippen LogP contribution is -2.35. The highest BCUT2D eigenvalue weighted by molar-refractivity contribution is 5.89. The number of amides is 2. The van der Waals surface area contributed by atoms with Crippen LogP contribution in [0.15, 0.2) is 24.3 Å². The third-order valence-electron chi connectivity index (χ3n) is 3.64. The highest BCUT2D eigenvalue weighted by atomic mass is 16.2. The molecule has 1 aliphatic heterocycles. The zero-order valence-corrected chi connectivity index (χ0v) is 10.7. The van der Waals surface area contributed by atoms with Crippen molar-refractivity contribution in [3.63, 3.8) is 0 Å². The number of hydrogen-bond acceptors (Lipinski definition) is 1. The predicted octanol–water partition coefficient (Wildman–Crippen LogP) is 0.699. The van der Waals surface area contributed by atoms with E-state index in [1.54, 1.807) is 18.1 Å². The van der Waals surface area contributed by atoms with Crippen LogP contribution in [-0.2, 0) is 7.05 Å². The molecule has 0 atom stereocenters. The van der Waals surface area contributed by atoms with Crippen molar-refractivity contribution in [2.24, 2.45) is 7.05 Å². The highest BCUT2D eigenvalue weighted by Gasteiger charge is 2.16. The SMILES string of the molecule is CC1=c2c(c3ccccc3n2C)=CNC(=O)N1C. The number of benzene rings is 1. The summed E-state index contributed by atoms with van der Waals surface area (Å²) in [5, 5.41) is 6.12. The first-order chi connectivity index (χ1) is 8.61. The second-order valence-electron chi connectivity index (χ2n) is 4.58. The van der Waals surface area contributed by atoms with Gasteiger partial charge in [-0.05, 0) is 13.0 Å². The fraction of sp³-hybridized carbons (Fsp3) is 0.214. The quantitative estimate of drug-likeness (QED) is 0.724. The van der Waals surface area contributed by atoms with Crippen molar-refractivity contribution < 1.29 is 4.79 Å². The molecule has 18 heavy (non-hydrogen) atoms. The summed E-state index contributed by atoms with van der Waals surface area (Å²) >= 11 is 0. The van der Waals surface area contributed by atoms with Crippen LogP contribution in [0.1, 0.15) is 6.92 Å². The zero-order chi connectivity index (χ0) is 12.9. The number of hydrogen-bond donors (Lipinski definition) is 1. The second kappa shape index (κ2) is 3.63. The first kappa shape index (κ1) is 10.9. The number of aryl methyl sites for hydroxylation is 1. The lowest BCUT2D eigenvalue weighted by atomic mass is 10.2. The normalized spacial score (nSPS) is 15.2. The molecule has 0 radical (unpaired) electrons. The van der Waals surface area contributed by atoms with E-state index >= 15 is 0 Å². The number of rotatable bonds is 0. The molecule has 3 rings (SSSR count). The molecule has 92 valence electrons. The number of nitrogens with zero attached hydrogens (tertiary/aromatic N) is 2. The summed E-state index contributed by atoms with van der Waals surface area (Å²) in [6.07, 6.45) is 1.80. The molecule has 0 saturated carbocycles. The van der Waals surface area contributed by atoms with E-state index in [2.05, 4.69) is 22.0 Å². The van der Waals surface area contributed by atoms with Gasteiger partial charge in [-0.2, -0.15) is 0 Å². The summed E-state index contributed by atoms with van der Waals surface area (Å²) in [5.41, 5.74) is 2.12. The van der Waals surface area contributed by atoms with E-state index in [0.29, 0.717) is 0 Å². The van der Waals surface area contributed by atoms with Crippen LogP contribution >= 0.6 is 0 Å². The summed E-state index contributed by atoms with van der Waals surface area (Å²) in [7, 11) is 3.81. The van der Waals surface area contributed by atoms with Gasteiger partial charge in [0, 0.05) is 42.1 Å². The minimum atomic E-state index is -0.104. The molecule has 4 nitrogen and oxygen atoms in total. The summed E-state index contributed by atoms with van der Waals surface area (Å²) in [6.45, 7) is 1.97. The first-order valence-electron chi connectivity index (χ1n) is 5.90. The topological polar surface area (TPSA) is 37.3 Å². The smallest absolute Gasteiger partial charge is 0.325 e. The van der Waals surface area contributed by atoms with E-state index in [-0.39, 0.29) is 6.03 Å². The Bertz CT molecular complexity index is 770. The van der Waals surface area contributed by atoms with Crippen LogP contribution in [0.2, 0.25) is 0 Å². The molecule has 1 aromatic heterocycles. The molecular formula is C14H15N3O. The lowest BCUT2D eigenvalue weighted by Gasteiger charge is -2.15. The summed E-state index contributed by atoms with van der Waals surface area (Å²) in [6, 6.07) is 8.11. The molecule has 1 aliphatic rings. The molecular weight excluding hydrogens is 226 g/mol. The Balaban J connectivity index is 2.60. The number of para-hydroxylation sites is 1. The van der Waals surface area contributed by atoms with Gasteiger partial charge in [-0.25, -0.2) is 4.79 Å². The van der Waals surface area contributed by atoms with Crippen molar-refractivity contribution in [3.05, 3.63) is 34.8 Å². The third kappa shape index (κ3) is 1.29. The fourth-order valence-electron chi connectivity index (χ4n) is 2.55. The summed E-state index contributed by atoms with van der Waals surface area (Å²) in [4.78, 5) is 13.4. The zero-order valence-electron chi connectivity index (χ0n) is 10.7. The largest absolute Gasteiger partial charge is 0.342 e. The van der Waals surface area contributed by atoms with Gasteiger partial charge in [0.2, 0.25) is 0 Å². The van der Waals surface area contributed by atoms with Gasteiger partial charge in [0.1, 0.15) is 0 Å². The van der Waals surface area contributed by atoms with Crippen molar-refractivity contribution in [3.8, 4) is 0 Å². The first-order valence-corrected chi connectivity index (χ1v) is 5.90. The highest BCUT2D eigenvalue weighted by Crippen LogP contribution is 2.09. The molecule has 4 heteroatoms. The van der Waals surface area contributed by atoms with Crippen LogP contribution in [0.5, 0.6) is 0 Å². The molecule has 0 aliphatic carbocycles. The van der Waals surface area contributed by atoms with E-state index in [1.807, 2.05) is 26.1 Å². The van der Waals surface area contributed by atoms with Gasteiger partial charge in [0.25, 0.3) is 0 Å². The van der Waals surface area contributed by atoms with Crippen LogP contribution in [0.4, 0.5) is 4.79 Å². The van der Waals surface area contributed by atoms with Gasteiger partial charge in [-0.3, -0.25) is 4.90 Å². The van der Waals surface area contributed by atoms with Crippen molar-refractivity contribution in [2.75, 3.05) is 7.05 Å². The monoisotopic (exact) mass is 241 g/mol. The fourth-order valence-corrected chi connectivity index (χ4v) is 2.55. The Morgan fingerprint density at radius 3 is 2.67 bits per heavy atom. The van der Waals surface area contributed by atoms with E-state index in [9.17, 15) is 4.79 Å². The molecule has 2 aromatic rings. The van der Waals surface area contributed by atoms with Gasteiger partial charge in [-0.1, -0.05) is 18.2 Å². The maximum atomic E-state index is 11.8. The van der Waals surface area contributed by atoms with Gasteiger partial charge < -0.3 is 9.88 Å². The molecule has 1 N–H and O–H groups in total. The van der Waals surface area contributed by atoms with Gasteiger partial charge >= 0.3 is 6.03 Å². The number of nitrogens with one attached hydrogen (secondary N) is 1. The lowest BCUT2D eigenvalue weighted by molar-refractivity contribution is 0.229. The molecule has 1 aromatic carbocycles. The predicted molar refractivity (Wildman–Crippen MR) is 72.0 cm³/mol. The Labute approximate surface area is 105 Å². The van der Waals surface area contributed by atoms with E-state index in [4.69, 9.17) is 0 Å². The summed E-state index contributed by atoms with van der Waals surface area (Å²) < 4.78 is 2.13. The van der Waals surface area contributed by atoms with Crippen molar-refractivity contribution in [1.82, 2.24) is 14.8 Å². The Morgan fingerprint density at radius 2 is 1.89 bits per heavy atom. The minimum Gasteiger partial charge on any atom is -0.342 e. The number of fused-ring (bicyclic) bond motifs is 3. The number of carbonyl (C=O) groups is 1. The van der Waals surface area contributed by atoms with Crippen molar-refractivity contribution >= 4 is 28.8 Å². The van der Waals surface area contributed by atoms with E-state index in [1.165, 1.54) is 5.52 Å². The van der Waals surface area contributed by atoms with Crippen LogP contribution in [-0.4, -0.2) is 22.5 Å². The van der Waals surface area contributed by atoms with Crippen LogP contribution in [0.3, 0.4) is 0 Å². The maximum absolute atomic E-state index is 11.8. The van der Waals surface area contributed by atoms with Crippen molar-refractivity contribution in [1.29, 1.82) is 0 Å². The average molecular weight is 241 g/mol. The number of urea groups is 1. The Morgan fingerprint density at radius 1 is 1.17 bits per heavy atom. The van der Waals surface area contributed by atoms with E-state index in [0.717, 1.165) is 21.7 Å². The molecule has 0 saturated heterocycles. The van der Waals surface area contributed by atoms with Crippen molar-refractivity contribution in [2.45, 2.75) is 6.92 Å². The van der Waals surface area contributed by atoms with Gasteiger partial charge in [0.15, 0.2) is 0 Å². The Hall–Kier alpha value is -2.23. The molecule has 0 fully saturated rings. The van der Waals surface area contributed by atoms with E-state index < -0.39 is 0 Å². The molecule has 0 spiro atoms. The molecule has 2 heterocycles. The standard InChI is InChI=1S/C14H15N3O/c1-9-13-11(8-15-14(18)16(9)2)10-6-4-5-7-12(10)17(13)3/h4-8H,1-3H3,(H,15,18). The Kier molecular flexibility index (Phi) is 2.20. The summed E-state index contributed by atoms with van der Waals surface area (Å²) in [5.74, 6) is 0. The minimum absolute atomic E-state index is 0.104. The van der Waals surface area contributed by atoms with Gasteiger partial charge in [-0.15, -0.1) is 0 Å². The third-order valence-corrected chi connectivity index (χ3v) is 3.64. The van der Waals surface area contributed by atoms with Crippen LogP contribution in [0.25, 0.3) is 22.8 Å².